The first-order valence-electron chi connectivity index (χ1n) is 9.04. The number of pyridine rings is 1. The van der Waals surface area contributed by atoms with Crippen LogP contribution in [0, 0.1) is 0 Å². The maximum atomic E-state index is 12.7. The van der Waals surface area contributed by atoms with Crippen LogP contribution in [0.4, 0.5) is 0 Å². The fourth-order valence-electron chi connectivity index (χ4n) is 3.03. The lowest BCUT2D eigenvalue weighted by Gasteiger charge is -2.18. The van der Waals surface area contributed by atoms with E-state index in [1.807, 2.05) is 36.4 Å². The van der Waals surface area contributed by atoms with Crippen LogP contribution in [0.3, 0.4) is 0 Å². The first-order chi connectivity index (χ1) is 14.5. The van der Waals surface area contributed by atoms with Crippen molar-refractivity contribution in [3.8, 4) is 5.69 Å². The number of nitrogens with zero attached hydrogens (tertiary/aromatic N) is 5. The highest BCUT2D eigenvalue weighted by Gasteiger charge is 2.16. The predicted molar refractivity (Wildman–Crippen MR) is 116 cm³/mol. The van der Waals surface area contributed by atoms with Crippen molar-refractivity contribution < 1.29 is 4.79 Å². The van der Waals surface area contributed by atoms with E-state index in [4.69, 9.17) is 11.6 Å². The van der Waals surface area contributed by atoms with Gasteiger partial charge in [0.15, 0.2) is 0 Å². The van der Waals surface area contributed by atoms with Gasteiger partial charge in [-0.1, -0.05) is 53.7 Å². The van der Waals surface area contributed by atoms with Crippen molar-refractivity contribution in [2.45, 2.75) is 11.7 Å². The van der Waals surface area contributed by atoms with Crippen LogP contribution in [0.25, 0.3) is 16.6 Å². The molecule has 1 amide bonds. The molecule has 0 aliphatic rings. The Balaban J connectivity index is 1.47. The summed E-state index contributed by atoms with van der Waals surface area (Å²) < 4.78 is 1.50. The first-order valence-corrected chi connectivity index (χ1v) is 10.4. The minimum absolute atomic E-state index is 0.113. The van der Waals surface area contributed by atoms with Crippen LogP contribution in [0.5, 0.6) is 0 Å². The number of carbonyl (C=O) groups is 1. The quantitative estimate of drug-likeness (QED) is 0.463. The van der Waals surface area contributed by atoms with Gasteiger partial charge >= 0.3 is 0 Å². The Morgan fingerprint density at radius 1 is 1.20 bits per heavy atom. The van der Waals surface area contributed by atoms with Crippen LogP contribution >= 0.6 is 23.4 Å². The van der Waals surface area contributed by atoms with Crippen molar-refractivity contribution in [3.05, 3.63) is 75.5 Å². The van der Waals surface area contributed by atoms with Crippen LogP contribution in [0.15, 0.2) is 64.5 Å². The molecule has 0 saturated heterocycles. The summed E-state index contributed by atoms with van der Waals surface area (Å²) in [5, 5.41) is 13.5. The number of para-hydroxylation sites is 2. The summed E-state index contributed by atoms with van der Waals surface area (Å²) in [6.07, 6.45) is 0. The zero-order valence-electron chi connectivity index (χ0n) is 15.9. The first kappa shape index (κ1) is 20.1. The van der Waals surface area contributed by atoms with Gasteiger partial charge in [0.05, 0.1) is 16.5 Å². The lowest BCUT2D eigenvalue weighted by atomic mass is 10.1. The molecule has 0 unspecified atom stereocenters. The molecule has 10 heteroatoms. The summed E-state index contributed by atoms with van der Waals surface area (Å²) in [5.41, 5.74) is 1.98. The summed E-state index contributed by atoms with van der Waals surface area (Å²) in [6.45, 7) is 0.319. The van der Waals surface area contributed by atoms with Crippen molar-refractivity contribution in [3.63, 3.8) is 0 Å². The lowest BCUT2D eigenvalue weighted by Crippen LogP contribution is -2.28. The minimum atomic E-state index is -0.196. The number of rotatable bonds is 6. The fraction of sp³-hybridized carbons (Fsp3) is 0.150. The van der Waals surface area contributed by atoms with Crippen LogP contribution in [-0.2, 0) is 11.3 Å². The summed E-state index contributed by atoms with van der Waals surface area (Å²) in [5.74, 6) is 0.0284. The standard InChI is InChI=1S/C20H17ClN6O2S/c1-26(11-13-10-18(28)22-16-8-4-2-6-14(13)16)19(29)12-30-20-23-24-25-27(20)17-9-5-3-7-15(17)21/h2-10H,11-12H2,1H3,(H,22,28). The molecule has 0 bridgehead atoms. The molecule has 1 N–H and O–H groups in total. The average Bonchev–Trinajstić information content (AvgIpc) is 3.20. The highest BCUT2D eigenvalue weighted by atomic mass is 35.5. The third-order valence-electron chi connectivity index (χ3n) is 4.52. The van der Waals surface area contributed by atoms with Crippen LogP contribution in [-0.4, -0.2) is 48.8 Å². The number of halogens is 1. The second-order valence-electron chi connectivity index (χ2n) is 6.57. The van der Waals surface area contributed by atoms with Gasteiger partial charge < -0.3 is 9.88 Å². The van der Waals surface area contributed by atoms with Gasteiger partial charge in [0.1, 0.15) is 0 Å². The summed E-state index contributed by atoms with van der Waals surface area (Å²) in [4.78, 5) is 29.0. The van der Waals surface area contributed by atoms with Crippen molar-refractivity contribution in [2.75, 3.05) is 12.8 Å². The van der Waals surface area contributed by atoms with E-state index in [2.05, 4.69) is 20.5 Å². The number of thioether (sulfide) groups is 1. The largest absolute Gasteiger partial charge is 0.341 e. The van der Waals surface area contributed by atoms with E-state index in [1.165, 1.54) is 22.5 Å². The number of amides is 1. The molecule has 4 rings (SSSR count). The number of tetrazole rings is 1. The number of hydrogen-bond donors (Lipinski definition) is 1. The van der Waals surface area contributed by atoms with Crippen LogP contribution in [0.2, 0.25) is 5.02 Å². The van der Waals surface area contributed by atoms with Crippen LogP contribution in [0.1, 0.15) is 5.56 Å². The zero-order chi connectivity index (χ0) is 21.1. The van der Waals surface area contributed by atoms with Gasteiger partial charge in [-0.15, -0.1) is 5.10 Å². The van der Waals surface area contributed by atoms with E-state index in [9.17, 15) is 9.59 Å². The summed E-state index contributed by atoms with van der Waals surface area (Å²) >= 11 is 7.44. The Labute approximate surface area is 180 Å². The molecule has 30 heavy (non-hydrogen) atoms. The number of nitrogens with one attached hydrogen (secondary N) is 1. The van der Waals surface area contributed by atoms with Gasteiger partial charge in [-0.25, -0.2) is 0 Å². The van der Waals surface area contributed by atoms with Crippen molar-refractivity contribution in [1.29, 1.82) is 0 Å². The van der Waals surface area contributed by atoms with E-state index < -0.39 is 0 Å². The molecule has 4 aromatic rings. The molecule has 8 nitrogen and oxygen atoms in total. The van der Waals surface area contributed by atoms with E-state index in [0.717, 1.165) is 16.5 Å². The molecule has 0 aliphatic carbocycles. The van der Waals surface area contributed by atoms with Crippen molar-refractivity contribution >= 4 is 40.2 Å². The summed E-state index contributed by atoms with van der Waals surface area (Å²) in [7, 11) is 1.70. The van der Waals surface area contributed by atoms with Crippen LogP contribution < -0.4 is 5.56 Å². The Morgan fingerprint density at radius 2 is 1.97 bits per heavy atom. The molecular weight excluding hydrogens is 424 g/mol. The van der Waals surface area contributed by atoms with Gasteiger partial charge in [-0.3, -0.25) is 9.59 Å². The molecule has 0 fully saturated rings. The van der Waals surface area contributed by atoms with Gasteiger partial charge in [0, 0.05) is 30.6 Å². The molecular formula is C20H17ClN6O2S. The molecule has 2 aromatic heterocycles. The molecule has 0 atom stereocenters. The van der Waals surface area contributed by atoms with E-state index >= 15 is 0 Å². The zero-order valence-corrected chi connectivity index (χ0v) is 17.5. The molecule has 0 saturated carbocycles. The molecule has 0 radical (unpaired) electrons. The van der Waals surface area contributed by atoms with Gasteiger partial charge in [-0.2, -0.15) is 4.68 Å². The van der Waals surface area contributed by atoms with E-state index in [0.29, 0.717) is 22.4 Å². The number of carbonyl (C=O) groups excluding carboxylic acids is 1. The van der Waals surface area contributed by atoms with Crippen molar-refractivity contribution in [2.24, 2.45) is 0 Å². The Hall–Kier alpha value is -3.17. The monoisotopic (exact) mass is 440 g/mol. The third-order valence-corrected chi connectivity index (χ3v) is 5.74. The third kappa shape index (κ3) is 4.22. The van der Waals surface area contributed by atoms with E-state index in [-0.39, 0.29) is 17.2 Å². The smallest absolute Gasteiger partial charge is 0.248 e. The lowest BCUT2D eigenvalue weighted by molar-refractivity contribution is -0.127. The number of benzene rings is 2. The number of aromatic amines is 1. The topological polar surface area (TPSA) is 96.8 Å². The molecule has 2 aromatic carbocycles. The van der Waals surface area contributed by atoms with E-state index in [1.54, 1.807) is 24.1 Å². The molecule has 0 spiro atoms. The normalized spacial score (nSPS) is 11.0. The highest BCUT2D eigenvalue weighted by molar-refractivity contribution is 7.99. The Bertz CT molecular complexity index is 1270. The number of hydrogen-bond acceptors (Lipinski definition) is 6. The molecule has 152 valence electrons. The number of aromatic nitrogens is 5. The SMILES string of the molecule is CN(Cc1cc(=O)[nH]c2ccccc12)C(=O)CSc1nnnn1-c1ccccc1Cl. The fourth-order valence-corrected chi connectivity index (χ4v) is 4.07. The Kier molecular flexibility index (Phi) is 5.82. The molecule has 2 heterocycles. The van der Waals surface area contributed by atoms with Gasteiger partial charge in [-0.05, 0) is 34.2 Å². The van der Waals surface area contributed by atoms with Gasteiger partial charge in [0.2, 0.25) is 16.6 Å². The predicted octanol–water partition coefficient (Wildman–Crippen LogP) is 2.91. The highest BCUT2D eigenvalue weighted by Crippen LogP contribution is 2.24. The Morgan fingerprint density at radius 3 is 2.80 bits per heavy atom. The summed E-state index contributed by atoms with van der Waals surface area (Å²) in [6, 6.07) is 16.2. The van der Waals surface area contributed by atoms with Crippen molar-refractivity contribution in [1.82, 2.24) is 30.1 Å². The van der Waals surface area contributed by atoms with Gasteiger partial charge in [0.25, 0.3) is 0 Å². The number of fused-ring (bicyclic) bond motifs is 1. The minimum Gasteiger partial charge on any atom is -0.341 e. The molecule has 0 aliphatic heterocycles. The maximum Gasteiger partial charge on any atom is 0.248 e. The average molecular weight is 441 g/mol. The maximum absolute atomic E-state index is 12.7. The second-order valence-corrected chi connectivity index (χ2v) is 7.92. The number of H-pyrrole nitrogens is 1. The second kappa shape index (κ2) is 8.68.